The van der Waals surface area contributed by atoms with Gasteiger partial charge in [0.05, 0.1) is 0 Å². The van der Waals surface area contributed by atoms with Crippen molar-refractivity contribution in [1.82, 2.24) is 10.4 Å². The minimum Gasteiger partial charge on any atom is -0.432 e. The molecular weight excluding hydrogens is 508 g/mol. The SMILES string of the molecule is CCCCCCCCCCCCNC(=O)c1cccc2c1-c1ccccc1C2COC(=O)ON1C(=O)CCC1=O. The molecule has 3 amide bonds. The van der Waals surface area contributed by atoms with Crippen LogP contribution in [0.3, 0.4) is 0 Å². The van der Waals surface area contributed by atoms with Gasteiger partial charge in [0.1, 0.15) is 6.61 Å². The number of hydrogen-bond donors (Lipinski definition) is 1. The maximum absolute atomic E-state index is 13.2. The number of hydroxylamine groups is 2. The van der Waals surface area contributed by atoms with Crippen molar-refractivity contribution in [2.24, 2.45) is 0 Å². The molecule has 1 saturated heterocycles. The average Bonchev–Trinajstić information content (AvgIpc) is 3.46. The van der Waals surface area contributed by atoms with Crippen molar-refractivity contribution >= 4 is 23.9 Å². The number of rotatable bonds is 15. The minimum atomic E-state index is -1.11. The van der Waals surface area contributed by atoms with Crippen LogP contribution >= 0.6 is 0 Å². The Labute approximate surface area is 236 Å². The van der Waals surface area contributed by atoms with Crippen LogP contribution in [0.1, 0.15) is 111 Å². The highest BCUT2D eigenvalue weighted by atomic mass is 16.8. The van der Waals surface area contributed by atoms with Crippen LogP contribution in [-0.2, 0) is 19.2 Å². The number of carbonyl (C=O) groups excluding carboxylic acids is 4. The molecular formula is C32H40N2O6. The van der Waals surface area contributed by atoms with Crippen molar-refractivity contribution in [2.45, 2.75) is 89.9 Å². The van der Waals surface area contributed by atoms with Gasteiger partial charge in [0.25, 0.3) is 17.7 Å². The highest BCUT2D eigenvalue weighted by Crippen LogP contribution is 2.46. The molecule has 0 radical (unpaired) electrons. The van der Waals surface area contributed by atoms with Crippen molar-refractivity contribution in [3.8, 4) is 11.1 Å². The molecule has 1 N–H and O–H groups in total. The van der Waals surface area contributed by atoms with Crippen LogP contribution in [0.4, 0.5) is 4.79 Å². The van der Waals surface area contributed by atoms with Gasteiger partial charge in [-0.2, -0.15) is 0 Å². The summed E-state index contributed by atoms with van der Waals surface area (Å²) in [5.74, 6) is -1.55. The maximum Gasteiger partial charge on any atom is 0.533 e. The number of nitrogens with zero attached hydrogens (tertiary/aromatic N) is 1. The van der Waals surface area contributed by atoms with E-state index >= 15 is 0 Å². The van der Waals surface area contributed by atoms with E-state index in [0.29, 0.717) is 17.2 Å². The van der Waals surface area contributed by atoms with Crippen LogP contribution in [0.2, 0.25) is 0 Å². The number of imide groups is 1. The first-order valence-electron chi connectivity index (χ1n) is 14.7. The van der Waals surface area contributed by atoms with Gasteiger partial charge in [-0.3, -0.25) is 19.2 Å². The van der Waals surface area contributed by atoms with E-state index in [1.165, 1.54) is 51.4 Å². The molecule has 1 fully saturated rings. The summed E-state index contributed by atoms with van der Waals surface area (Å²) in [6.45, 7) is 2.82. The summed E-state index contributed by atoms with van der Waals surface area (Å²) in [4.78, 5) is 53.8. The van der Waals surface area contributed by atoms with Gasteiger partial charge in [0.15, 0.2) is 0 Å². The van der Waals surface area contributed by atoms with Gasteiger partial charge >= 0.3 is 6.16 Å². The lowest BCUT2D eigenvalue weighted by molar-refractivity contribution is -0.177. The average molecular weight is 549 g/mol. The predicted octanol–water partition coefficient (Wildman–Crippen LogP) is 6.67. The number of amides is 3. The lowest BCUT2D eigenvalue weighted by atomic mass is 9.96. The number of ether oxygens (including phenoxy) is 1. The number of benzene rings is 2. The predicted molar refractivity (Wildman–Crippen MR) is 151 cm³/mol. The Hall–Kier alpha value is -3.68. The molecule has 0 bridgehead atoms. The molecule has 8 heteroatoms. The molecule has 2 aliphatic rings. The van der Waals surface area contributed by atoms with E-state index in [1.807, 2.05) is 42.5 Å². The number of hydrogen-bond acceptors (Lipinski definition) is 6. The number of fused-ring (bicyclic) bond motifs is 3. The van der Waals surface area contributed by atoms with Gasteiger partial charge in [0.2, 0.25) is 0 Å². The first-order valence-corrected chi connectivity index (χ1v) is 14.7. The summed E-state index contributed by atoms with van der Waals surface area (Å²) in [5.41, 5.74) is 4.18. The molecule has 1 unspecified atom stereocenters. The zero-order chi connectivity index (χ0) is 28.3. The summed E-state index contributed by atoms with van der Waals surface area (Å²) < 4.78 is 5.33. The molecule has 0 spiro atoms. The van der Waals surface area contributed by atoms with E-state index in [2.05, 4.69) is 12.2 Å². The zero-order valence-electron chi connectivity index (χ0n) is 23.4. The molecule has 4 rings (SSSR count). The van der Waals surface area contributed by atoms with Gasteiger partial charge in [-0.15, -0.1) is 0 Å². The van der Waals surface area contributed by atoms with Crippen molar-refractivity contribution in [3.63, 3.8) is 0 Å². The Morgan fingerprint density at radius 1 is 0.825 bits per heavy atom. The summed E-state index contributed by atoms with van der Waals surface area (Å²) in [6.07, 6.45) is 11.3. The second-order valence-electron chi connectivity index (χ2n) is 10.6. The third-order valence-corrected chi connectivity index (χ3v) is 7.68. The lowest BCUT2D eigenvalue weighted by Crippen LogP contribution is -2.32. The second kappa shape index (κ2) is 14.6. The monoisotopic (exact) mass is 548 g/mol. The smallest absolute Gasteiger partial charge is 0.432 e. The van der Waals surface area contributed by atoms with Crippen LogP contribution in [-0.4, -0.2) is 42.1 Å². The molecule has 1 atom stereocenters. The quantitative estimate of drug-likeness (QED) is 0.152. The van der Waals surface area contributed by atoms with Crippen molar-refractivity contribution in [1.29, 1.82) is 0 Å². The Bertz CT molecular complexity index is 1190. The van der Waals surface area contributed by atoms with Gasteiger partial charge in [0, 0.05) is 30.9 Å². The summed E-state index contributed by atoms with van der Waals surface area (Å²) in [7, 11) is 0. The molecule has 1 heterocycles. The first-order chi connectivity index (χ1) is 19.5. The van der Waals surface area contributed by atoms with Crippen LogP contribution in [0.15, 0.2) is 42.5 Å². The van der Waals surface area contributed by atoms with Gasteiger partial charge in [-0.05, 0) is 34.7 Å². The number of unbranched alkanes of at least 4 members (excludes halogenated alkanes) is 9. The van der Waals surface area contributed by atoms with Crippen LogP contribution in [0, 0.1) is 0 Å². The Balaban J connectivity index is 1.30. The van der Waals surface area contributed by atoms with E-state index in [4.69, 9.17) is 9.57 Å². The van der Waals surface area contributed by atoms with Gasteiger partial charge < -0.3 is 10.1 Å². The molecule has 1 aliphatic carbocycles. The largest absolute Gasteiger partial charge is 0.533 e. The molecule has 2 aromatic carbocycles. The maximum atomic E-state index is 13.2. The van der Waals surface area contributed by atoms with E-state index in [-0.39, 0.29) is 31.3 Å². The Kier molecular flexibility index (Phi) is 10.7. The molecule has 40 heavy (non-hydrogen) atoms. The second-order valence-corrected chi connectivity index (χ2v) is 10.6. The Morgan fingerprint density at radius 2 is 1.45 bits per heavy atom. The van der Waals surface area contributed by atoms with Crippen molar-refractivity contribution < 1.29 is 28.8 Å². The normalized spacial score (nSPS) is 15.6. The van der Waals surface area contributed by atoms with E-state index in [9.17, 15) is 19.2 Å². The van der Waals surface area contributed by atoms with Crippen molar-refractivity contribution in [3.05, 3.63) is 59.2 Å². The molecule has 0 saturated carbocycles. The van der Waals surface area contributed by atoms with Crippen LogP contribution < -0.4 is 5.32 Å². The number of nitrogens with one attached hydrogen (secondary N) is 1. The first kappa shape index (κ1) is 29.3. The standard InChI is InChI=1S/C32H40N2O6/c1-2-3-4-5-6-7-8-9-10-13-21-33-31(37)26-18-14-17-25-27(23-15-11-12-16-24(23)30(25)26)22-39-32(38)40-34-28(35)19-20-29(34)36/h11-12,14-18,27H,2-10,13,19-22H2,1H3,(H,33,37). The summed E-state index contributed by atoms with van der Waals surface area (Å²) in [6, 6.07) is 13.3. The fourth-order valence-electron chi connectivity index (χ4n) is 5.55. The molecule has 8 nitrogen and oxygen atoms in total. The van der Waals surface area contributed by atoms with Crippen molar-refractivity contribution in [2.75, 3.05) is 13.2 Å². The van der Waals surface area contributed by atoms with E-state index in [1.54, 1.807) is 0 Å². The third kappa shape index (κ3) is 7.29. The zero-order valence-corrected chi connectivity index (χ0v) is 23.4. The van der Waals surface area contributed by atoms with Gasteiger partial charge in [-0.25, -0.2) is 4.79 Å². The molecule has 214 valence electrons. The highest BCUT2D eigenvalue weighted by molar-refractivity contribution is 6.03. The minimum absolute atomic E-state index is 0.0134. The van der Waals surface area contributed by atoms with Crippen LogP contribution in [0.25, 0.3) is 11.1 Å². The van der Waals surface area contributed by atoms with Gasteiger partial charge in [-0.1, -0.05) is 106 Å². The Morgan fingerprint density at radius 3 is 2.15 bits per heavy atom. The van der Waals surface area contributed by atoms with E-state index < -0.39 is 18.0 Å². The molecule has 2 aromatic rings. The summed E-state index contributed by atoms with van der Waals surface area (Å²) >= 11 is 0. The fourth-order valence-corrected chi connectivity index (χ4v) is 5.55. The lowest BCUT2D eigenvalue weighted by Gasteiger charge is -2.16. The fraction of sp³-hybridized carbons (Fsp3) is 0.500. The number of carbonyl (C=O) groups is 4. The third-order valence-electron chi connectivity index (χ3n) is 7.68. The summed E-state index contributed by atoms with van der Waals surface area (Å²) in [5, 5.41) is 3.55. The topological polar surface area (TPSA) is 102 Å². The van der Waals surface area contributed by atoms with E-state index in [0.717, 1.165) is 35.1 Å². The molecule has 1 aliphatic heterocycles. The molecule has 0 aromatic heterocycles. The van der Waals surface area contributed by atoms with Crippen LogP contribution in [0.5, 0.6) is 0 Å². The highest BCUT2D eigenvalue weighted by Gasteiger charge is 2.35.